The highest BCUT2D eigenvalue weighted by Gasteiger charge is 2.30. The summed E-state index contributed by atoms with van der Waals surface area (Å²) in [6.07, 6.45) is 52.8. The first-order valence-corrected chi connectivity index (χ1v) is 43.2. The quantitative estimate of drug-likeness (QED) is 0.0222. The number of aliphatic hydroxyl groups excluding tert-OH is 1. The van der Waals surface area contributed by atoms with Crippen molar-refractivity contribution in [2.75, 3.05) is 39.6 Å². The lowest BCUT2D eigenvalue weighted by atomic mass is 9.99. The van der Waals surface area contributed by atoms with Crippen molar-refractivity contribution in [1.29, 1.82) is 0 Å². The van der Waals surface area contributed by atoms with Crippen LogP contribution in [0.2, 0.25) is 0 Å². The number of unbranched alkanes of at least 4 members (excludes halogenated alkanes) is 40. The summed E-state index contributed by atoms with van der Waals surface area (Å²) < 4.78 is 68.6. The average Bonchev–Trinajstić information content (AvgIpc) is 1.96. The van der Waals surface area contributed by atoms with E-state index in [4.69, 9.17) is 37.0 Å². The largest absolute Gasteiger partial charge is 0.472 e. The molecule has 3 unspecified atom stereocenters. The lowest BCUT2D eigenvalue weighted by molar-refractivity contribution is -0.161. The minimum absolute atomic E-state index is 0.106. The topological polar surface area (TPSA) is 237 Å². The fraction of sp³-hybridized carbons (Fsp3) is 0.949. The van der Waals surface area contributed by atoms with Gasteiger partial charge in [-0.1, -0.05) is 344 Å². The SMILES string of the molecule is CCC(C)CCCCCCCCCCCCCCCCC(=O)O[C@H](COC(=O)CCCCCCCCC(C)C)COP(=O)(O)OC[C@H](O)COP(=O)(O)OC[C@@H](COC(=O)CCCCCCCCCCCC(C)C)OC(=O)CCCCCCCCCCCCCCCCCC(C)C. The maximum absolute atomic E-state index is 13.1. The van der Waals surface area contributed by atoms with Gasteiger partial charge in [-0.15, -0.1) is 0 Å². The van der Waals surface area contributed by atoms with Crippen molar-refractivity contribution < 1.29 is 80.2 Å². The first-order chi connectivity index (χ1) is 46.6. The van der Waals surface area contributed by atoms with Crippen molar-refractivity contribution in [2.24, 2.45) is 23.7 Å². The summed E-state index contributed by atoms with van der Waals surface area (Å²) in [5.74, 6) is 0.952. The normalized spacial score (nSPS) is 14.4. The Morgan fingerprint density at radius 1 is 0.289 bits per heavy atom. The number of carbonyl (C=O) groups is 4. The Bertz CT molecular complexity index is 1900. The van der Waals surface area contributed by atoms with Crippen LogP contribution in [0.4, 0.5) is 0 Å². The first kappa shape index (κ1) is 95.1. The predicted octanol–water partition coefficient (Wildman–Crippen LogP) is 22.8. The molecule has 0 radical (unpaired) electrons. The first-order valence-electron chi connectivity index (χ1n) is 40.2. The molecule has 6 atom stereocenters. The van der Waals surface area contributed by atoms with E-state index in [1.54, 1.807) is 0 Å². The molecule has 17 nitrogen and oxygen atoms in total. The molecule has 3 N–H and O–H groups in total. The molecule has 97 heavy (non-hydrogen) atoms. The van der Waals surface area contributed by atoms with Gasteiger partial charge in [0.1, 0.15) is 19.3 Å². The van der Waals surface area contributed by atoms with Gasteiger partial charge in [-0.2, -0.15) is 0 Å². The van der Waals surface area contributed by atoms with Crippen LogP contribution in [0.3, 0.4) is 0 Å². The van der Waals surface area contributed by atoms with Gasteiger partial charge in [0.05, 0.1) is 26.4 Å². The monoisotopic (exact) mass is 1420 g/mol. The van der Waals surface area contributed by atoms with E-state index in [0.717, 1.165) is 114 Å². The summed E-state index contributed by atoms with van der Waals surface area (Å²) >= 11 is 0. The molecule has 0 heterocycles. The van der Waals surface area contributed by atoms with E-state index in [9.17, 15) is 43.2 Å². The Morgan fingerprint density at radius 3 is 0.732 bits per heavy atom. The molecule has 0 saturated heterocycles. The minimum atomic E-state index is -4.96. The third kappa shape index (κ3) is 70.9. The highest BCUT2D eigenvalue weighted by atomic mass is 31.2. The molecule has 0 aromatic carbocycles. The second kappa shape index (κ2) is 67.2. The number of phosphoric acid groups is 2. The number of aliphatic hydroxyl groups is 1. The maximum Gasteiger partial charge on any atom is 0.472 e. The van der Waals surface area contributed by atoms with Crippen molar-refractivity contribution in [2.45, 2.75) is 414 Å². The Labute approximate surface area is 594 Å². The van der Waals surface area contributed by atoms with E-state index in [2.05, 4.69) is 55.4 Å². The van der Waals surface area contributed by atoms with Crippen molar-refractivity contribution in [1.82, 2.24) is 0 Å². The number of carbonyl (C=O) groups excluding carboxylic acids is 4. The van der Waals surface area contributed by atoms with Gasteiger partial charge in [0.25, 0.3) is 0 Å². The Morgan fingerprint density at radius 2 is 0.495 bits per heavy atom. The van der Waals surface area contributed by atoms with Crippen LogP contribution in [-0.4, -0.2) is 96.7 Å². The van der Waals surface area contributed by atoms with Gasteiger partial charge in [-0.05, 0) is 49.4 Å². The summed E-state index contributed by atoms with van der Waals surface area (Å²) in [6.45, 7) is 14.2. The number of phosphoric ester groups is 2. The van der Waals surface area contributed by atoms with Gasteiger partial charge in [0, 0.05) is 25.7 Å². The van der Waals surface area contributed by atoms with Crippen LogP contribution in [0.25, 0.3) is 0 Å². The van der Waals surface area contributed by atoms with E-state index in [1.165, 1.54) is 193 Å². The molecule has 0 aliphatic heterocycles. The number of rotatable bonds is 75. The molecule has 0 fully saturated rings. The molecule has 0 aliphatic rings. The highest BCUT2D eigenvalue weighted by molar-refractivity contribution is 7.47. The summed E-state index contributed by atoms with van der Waals surface area (Å²) in [6, 6.07) is 0. The molecule has 0 aliphatic carbocycles. The van der Waals surface area contributed by atoms with E-state index in [-0.39, 0.29) is 25.7 Å². The summed E-state index contributed by atoms with van der Waals surface area (Å²) in [7, 11) is -9.92. The minimum Gasteiger partial charge on any atom is -0.462 e. The molecule has 19 heteroatoms. The Balaban J connectivity index is 5.21. The lowest BCUT2D eigenvalue weighted by Crippen LogP contribution is -2.30. The summed E-state index contributed by atoms with van der Waals surface area (Å²) in [5, 5.41) is 10.6. The van der Waals surface area contributed by atoms with Crippen molar-refractivity contribution in [3.05, 3.63) is 0 Å². The average molecular weight is 1420 g/mol. The van der Waals surface area contributed by atoms with E-state index in [1.807, 2.05) is 0 Å². The van der Waals surface area contributed by atoms with Gasteiger partial charge in [-0.25, -0.2) is 9.13 Å². The number of esters is 4. The molecule has 0 spiro atoms. The fourth-order valence-corrected chi connectivity index (χ4v) is 13.5. The van der Waals surface area contributed by atoms with Crippen LogP contribution in [0, 0.1) is 23.7 Å². The highest BCUT2D eigenvalue weighted by Crippen LogP contribution is 2.45. The van der Waals surface area contributed by atoms with Crippen LogP contribution in [0.15, 0.2) is 0 Å². The molecule has 0 aromatic rings. The molecule has 0 bridgehead atoms. The molecular weight excluding hydrogens is 1270 g/mol. The predicted molar refractivity (Wildman–Crippen MR) is 395 cm³/mol. The zero-order valence-corrected chi connectivity index (χ0v) is 65.5. The van der Waals surface area contributed by atoms with Crippen LogP contribution in [0.1, 0.15) is 396 Å². The molecule has 0 rings (SSSR count). The summed E-state index contributed by atoms with van der Waals surface area (Å²) in [5.41, 5.74) is 0. The van der Waals surface area contributed by atoms with Gasteiger partial charge in [0.2, 0.25) is 0 Å². The third-order valence-corrected chi connectivity index (χ3v) is 20.3. The zero-order chi connectivity index (χ0) is 71.7. The molecule has 576 valence electrons. The van der Waals surface area contributed by atoms with Crippen molar-refractivity contribution >= 4 is 39.5 Å². The van der Waals surface area contributed by atoms with Gasteiger partial charge < -0.3 is 33.8 Å². The Hall–Kier alpha value is -1.94. The number of hydrogen-bond acceptors (Lipinski definition) is 15. The molecule has 0 amide bonds. The van der Waals surface area contributed by atoms with Gasteiger partial charge in [0.15, 0.2) is 12.2 Å². The maximum atomic E-state index is 13.1. The van der Waals surface area contributed by atoms with Crippen molar-refractivity contribution in [3.63, 3.8) is 0 Å². The number of ether oxygens (including phenoxy) is 4. The fourth-order valence-electron chi connectivity index (χ4n) is 11.9. The lowest BCUT2D eigenvalue weighted by Gasteiger charge is -2.21. The number of hydrogen-bond donors (Lipinski definition) is 3. The van der Waals surface area contributed by atoms with Crippen LogP contribution in [-0.2, 0) is 65.4 Å². The van der Waals surface area contributed by atoms with Gasteiger partial charge in [-0.3, -0.25) is 37.3 Å². The van der Waals surface area contributed by atoms with Crippen molar-refractivity contribution in [3.8, 4) is 0 Å². The third-order valence-electron chi connectivity index (χ3n) is 18.4. The summed E-state index contributed by atoms with van der Waals surface area (Å²) in [4.78, 5) is 72.8. The molecule has 0 saturated carbocycles. The Kier molecular flexibility index (Phi) is 65.9. The van der Waals surface area contributed by atoms with E-state index in [0.29, 0.717) is 31.6 Å². The van der Waals surface area contributed by atoms with E-state index >= 15 is 0 Å². The van der Waals surface area contributed by atoms with Crippen LogP contribution in [0.5, 0.6) is 0 Å². The van der Waals surface area contributed by atoms with Crippen LogP contribution < -0.4 is 0 Å². The van der Waals surface area contributed by atoms with Gasteiger partial charge >= 0.3 is 39.5 Å². The zero-order valence-electron chi connectivity index (χ0n) is 63.7. The smallest absolute Gasteiger partial charge is 0.462 e. The van der Waals surface area contributed by atoms with Crippen LogP contribution >= 0.6 is 15.6 Å². The van der Waals surface area contributed by atoms with E-state index < -0.39 is 97.5 Å². The molecular formula is C78H152O17P2. The second-order valence-electron chi connectivity index (χ2n) is 29.8. The second-order valence-corrected chi connectivity index (χ2v) is 32.7. The molecule has 0 aromatic heterocycles. The standard InChI is InChI=1S/C78H152O17P2/c1-9-71(8)57-49-41-32-26-20-16-13-14-18-22-28-35-45-53-61-78(83)95-74(65-89-76(81)59-51-43-37-36-40-48-56-70(6)7)67-93-97(86,87)91-63-72(79)62-90-96(84,85)92-66-73(64-88-75(80)58-50-42-33-29-23-25-31-39-47-55-69(4)5)94-77(82)60-52-44-34-27-21-17-12-10-11-15-19-24-30-38-46-54-68(2)3/h68-74,79H,9-67H2,1-8H3,(H,84,85)(H,86,87)/t71?,72-,73-,74-/m1/s1.